The number of hydrogen-bond acceptors (Lipinski definition) is 5. The van der Waals surface area contributed by atoms with E-state index in [-0.39, 0.29) is 0 Å². The minimum atomic E-state index is 0.646. The van der Waals surface area contributed by atoms with E-state index in [1.165, 1.54) is 12.5 Å². The van der Waals surface area contributed by atoms with Gasteiger partial charge in [-0.25, -0.2) is 0 Å². The maximum Gasteiger partial charge on any atom is 0.162 e. The molecular weight excluding hydrogens is 292 g/mol. The second-order valence-electron chi connectivity index (χ2n) is 4.35. The number of aliphatic imine (C=N–C) groups is 2. The van der Waals surface area contributed by atoms with E-state index in [1.807, 2.05) is 38.1 Å². The van der Waals surface area contributed by atoms with Crippen molar-refractivity contribution in [1.29, 1.82) is 0 Å². The molecule has 0 heterocycles. The molecule has 0 aromatic heterocycles. The molecule has 0 bridgehead atoms. The van der Waals surface area contributed by atoms with Crippen LogP contribution in [-0.2, 0) is 4.74 Å². The van der Waals surface area contributed by atoms with Crippen LogP contribution < -0.4 is 9.47 Å². The average Bonchev–Trinajstić information content (AvgIpc) is 2.57. The van der Waals surface area contributed by atoms with Gasteiger partial charge in [-0.2, -0.15) is 0 Å². The van der Waals surface area contributed by atoms with Crippen LogP contribution in [-0.4, -0.2) is 26.6 Å². The van der Waals surface area contributed by atoms with Crippen LogP contribution in [0.5, 0.6) is 11.5 Å². The van der Waals surface area contributed by atoms with Gasteiger partial charge in [0, 0.05) is 18.5 Å². The fourth-order valence-corrected chi connectivity index (χ4v) is 1.61. The molecule has 1 rings (SSSR count). The first-order valence-corrected chi connectivity index (χ1v) is 7.09. The summed E-state index contributed by atoms with van der Waals surface area (Å²) >= 11 is 0. The molecule has 5 nitrogen and oxygen atoms in total. The van der Waals surface area contributed by atoms with Crippen molar-refractivity contribution >= 4 is 18.1 Å². The van der Waals surface area contributed by atoms with Crippen molar-refractivity contribution in [2.45, 2.75) is 13.8 Å². The summed E-state index contributed by atoms with van der Waals surface area (Å²) in [7, 11) is 3.20. The maximum atomic E-state index is 5.26. The molecular formula is C18H22N2O3. The minimum Gasteiger partial charge on any atom is -0.493 e. The number of benzene rings is 1. The molecule has 0 aliphatic heterocycles. The molecule has 1 aromatic carbocycles. The first-order chi connectivity index (χ1) is 11.2. The third-order valence-corrected chi connectivity index (χ3v) is 2.75. The van der Waals surface area contributed by atoms with Crippen LogP contribution in [0.25, 0.3) is 0 Å². The lowest BCUT2D eigenvalue weighted by Gasteiger charge is -2.09. The number of ether oxygens (including phenoxy) is 3. The van der Waals surface area contributed by atoms with E-state index in [0.717, 1.165) is 11.3 Å². The average molecular weight is 314 g/mol. The standard InChI is InChI=1S/C18H22N2O3/c1-5-6-8-19-10-12-23-11-7-9-20-16-14-18(22-4)17(21-3)13-15(16)2/h5-14H,1-4H3/b6-5-,11-7+,12-10+,19-8-,20-9-. The van der Waals surface area contributed by atoms with Gasteiger partial charge >= 0.3 is 0 Å². The van der Waals surface area contributed by atoms with Gasteiger partial charge in [-0.3, -0.25) is 9.98 Å². The highest BCUT2D eigenvalue weighted by Gasteiger charge is 2.06. The highest BCUT2D eigenvalue weighted by atomic mass is 16.5. The van der Waals surface area contributed by atoms with Crippen molar-refractivity contribution in [2.75, 3.05) is 14.2 Å². The third-order valence-electron chi connectivity index (χ3n) is 2.75. The maximum absolute atomic E-state index is 5.26. The molecule has 0 saturated heterocycles. The Kier molecular flexibility index (Phi) is 8.59. The van der Waals surface area contributed by atoms with Crippen LogP contribution in [0.15, 0.2) is 59.1 Å². The Balaban J connectivity index is 2.59. The second kappa shape index (κ2) is 10.8. The van der Waals surface area contributed by atoms with Crippen molar-refractivity contribution in [3.05, 3.63) is 54.6 Å². The molecule has 0 aliphatic carbocycles. The molecule has 5 heteroatoms. The number of methoxy groups -OCH3 is 2. The summed E-state index contributed by atoms with van der Waals surface area (Å²) in [6.07, 6.45) is 13.3. The molecule has 23 heavy (non-hydrogen) atoms. The van der Waals surface area contributed by atoms with Crippen molar-refractivity contribution in [3.8, 4) is 11.5 Å². The van der Waals surface area contributed by atoms with Gasteiger partial charge in [0.15, 0.2) is 11.5 Å². The van der Waals surface area contributed by atoms with Crippen molar-refractivity contribution in [3.63, 3.8) is 0 Å². The van der Waals surface area contributed by atoms with Gasteiger partial charge in [-0.15, -0.1) is 0 Å². The molecule has 0 spiro atoms. The minimum absolute atomic E-state index is 0.646. The van der Waals surface area contributed by atoms with Gasteiger partial charge in [-0.05, 0) is 37.6 Å². The summed E-state index contributed by atoms with van der Waals surface area (Å²) in [5, 5.41) is 0. The molecule has 0 amide bonds. The molecule has 0 aliphatic rings. The molecule has 1 aromatic rings. The number of aryl methyl sites for hydroxylation is 1. The largest absolute Gasteiger partial charge is 0.493 e. The molecule has 0 atom stereocenters. The van der Waals surface area contributed by atoms with Gasteiger partial charge in [0.25, 0.3) is 0 Å². The van der Waals surface area contributed by atoms with E-state index in [0.29, 0.717) is 11.5 Å². The molecule has 0 N–H and O–H groups in total. The molecule has 0 radical (unpaired) electrons. The van der Waals surface area contributed by atoms with Crippen LogP contribution in [0.4, 0.5) is 5.69 Å². The Hall–Kier alpha value is -2.82. The zero-order valence-electron chi connectivity index (χ0n) is 13.9. The zero-order chi connectivity index (χ0) is 16.9. The molecule has 0 saturated carbocycles. The summed E-state index contributed by atoms with van der Waals surface area (Å²) in [5.74, 6) is 1.33. The number of hydrogen-bond donors (Lipinski definition) is 0. The first kappa shape index (κ1) is 18.2. The van der Waals surface area contributed by atoms with E-state index in [4.69, 9.17) is 14.2 Å². The molecule has 0 unspecified atom stereocenters. The van der Waals surface area contributed by atoms with Crippen molar-refractivity contribution in [1.82, 2.24) is 0 Å². The monoisotopic (exact) mass is 314 g/mol. The van der Waals surface area contributed by atoms with Gasteiger partial charge in [0.1, 0.15) is 6.26 Å². The summed E-state index contributed by atoms with van der Waals surface area (Å²) in [6, 6.07) is 3.71. The van der Waals surface area contributed by atoms with Crippen LogP contribution in [0, 0.1) is 6.92 Å². The lowest BCUT2D eigenvalue weighted by atomic mass is 10.2. The Morgan fingerprint density at radius 1 is 0.957 bits per heavy atom. The normalized spacial score (nSPS) is 12.3. The van der Waals surface area contributed by atoms with Crippen LogP contribution in [0.1, 0.15) is 12.5 Å². The van der Waals surface area contributed by atoms with E-state index in [2.05, 4.69) is 9.98 Å². The predicted octanol–water partition coefficient (Wildman–Crippen LogP) is 4.36. The van der Waals surface area contributed by atoms with Gasteiger partial charge in [0.05, 0.1) is 32.4 Å². The number of rotatable bonds is 8. The fraction of sp³-hybridized carbons (Fsp3) is 0.222. The third kappa shape index (κ3) is 6.65. The van der Waals surface area contributed by atoms with Gasteiger partial charge < -0.3 is 14.2 Å². The van der Waals surface area contributed by atoms with Crippen LogP contribution >= 0.6 is 0 Å². The lowest BCUT2D eigenvalue weighted by molar-refractivity contribution is 0.355. The number of nitrogens with zero attached hydrogens (tertiary/aromatic N) is 2. The Morgan fingerprint density at radius 2 is 1.70 bits per heavy atom. The topological polar surface area (TPSA) is 52.4 Å². The summed E-state index contributed by atoms with van der Waals surface area (Å²) < 4.78 is 15.6. The lowest BCUT2D eigenvalue weighted by Crippen LogP contribution is -1.91. The summed E-state index contributed by atoms with van der Waals surface area (Å²) in [5.41, 5.74) is 1.80. The van der Waals surface area contributed by atoms with Gasteiger partial charge in [0.2, 0.25) is 0 Å². The highest BCUT2D eigenvalue weighted by molar-refractivity contribution is 5.75. The fourth-order valence-electron chi connectivity index (χ4n) is 1.61. The van der Waals surface area contributed by atoms with E-state index in [1.54, 1.807) is 38.9 Å². The smallest absolute Gasteiger partial charge is 0.162 e. The van der Waals surface area contributed by atoms with Gasteiger partial charge in [-0.1, -0.05) is 6.08 Å². The molecule has 122 valence electrons. The summed E-state index contributed by atoms with van der Waals surface area (Å²) in [6.45, 7) is 3.88. The summed E-state index contributed by atoms with van der Waals surface area (Å²) in [4.78, 5) is 8.32. The van der Waals surface area contributed by atoms with Crippen molar-refractivity contribution < 1.29 is 14.2 Å². The Morgan fingerprint density at radius 3 is 2.39 bits per heavy atom. The Labute approximate surface area is 137 Å². The zero-order valence-corrected chi connectivity index (χ0v) is 13.9. The predicted molar refractivity (Wildman–Crippen MR) is 95.1 cm³/mol. The van der Waals surface area contributed by atoms with E-state index < -0.39 is 0 Å². The second-order valence-corrected chi connectivity index (χ2v) is 4.35. The quantitative estimate of drug-likeness (QED) is 0.529. The molecule has 0 fully saturated rings. The SMILES string of the molecule is C\C=C/C=N\C=C\O/C=C/C=N\c1cc(OC)c(OC)cc1C. The van der Waals surface area contributed by atoms with Crippen molar-refractivity contribution in [2.24, 2.45) is 9.98 Å². The van der Waals surface area contributed by atoms with E-state index in [9.17, 15) is 0 Å². The van der Waals surface area contributed by atoms with E-state index >= 15 is 0 Å². The van der Waals surface area contributed by atoms with Crippen LogP contribution in [0.2, 0.25) is 0 Å². The first-order valence-electron chi connectivity index (χ1n) is 7.09. The number of allylic oxidation sites excluding steroid dienone is 3. The Bertz CT molecular complexity index is 629. The highest BCUT2D eigenvalue weighted by Crippen LogP contribution is 2.34. The van der Waals surface area contributed by atoms with Crippen LogP contribution in [0.3, 0.4) is 0 Å².